The summed E-state index contributed by atoms with van der Waals surface area (Å²) in [5, 5.41) is 0. The molecule has 0 radical (unpaired) electrons. The van der Waals surface area contributed by atoms with Crippen molar-refractivity contribution in [3.8, 4) is 0 Å². The Labute approximate surface area is 115 Å². The Morgan fingerprint density at radius 2 is 1.90 bits per heavy atom. The molecular formula is C15H14F2N2O. The number of amides is 1. The van der Waals surface area contributed by atoms with Crippen molar-refractivity contribution < 1.29 is 13.6 Å². The molecule has 0 saturated heterocycles. The number of benzene rings is 1. The lowest BCUT2D eigenvalue weighted by Gasteiger charge is -2.17. The zero-order chi connectivity index (χ0) is 14.5. The monoisotopic (exact) mass is 276 g/mol. The van der Waals surface area contributed by atoms with Gasteiger partial charge in [-0.2, -0.15) is 0 Å². The minimum absolute atomic E-state index is 0.248. The van der Waals surface area contributed by atoms with Gasteiger partial charge in [0.25, 0.3) is 5.91 Å². The first kappa shape index (κ1) is 14.1. The zero-order valence-corrected chi connectivity index (χ0v) is 11.0. The molecule has 2 aromatic rings. The minimum atomic E-state index is -0.716. The van der Waals surface area contributed by atoms with Crippen molar-refractivity contribution >= 4 is 5.91 Å². The topological polar surface area (TPSA) is 33.2 Å². The van der Waals surface area contributed by atoms with E-state index in [-0.39, 0.29) is 5.56 Å². The maximum Gasteiger partial charge on any atom is 0.256 e. The third-order valence-electron chi connectivity index (χ3n) is 2.99. The highest BCUT2D eigenvalue weighted by Crippen LogP contribution is 2.12. The summed E-state index contributed by atoms with van der Waals surface area (Å²) in [6.07, 6.45) is 3.97. The number of pyridine rings is 1. The van der Waals surface area contributed by atoms with Crippen LogP contribution in [0, 0.1) is 11.6 Å². The van der Waals surface area contributed by atoms with E-state index in [1.165, 1.54) is 4.90 Å². The van der Waals surface area contributed by atoms with E-state index in [0.717, 1.165) is 23.8 Å². The Morgan fingerprint density at radius 3 is 2.60 bits per heavy atom. The van der Waals surface area contributed by atoms with Gasteiger partial charge >= 0.3 is 0 Å². The number of carbonyl (C=O) groups is 1. The van der Waals surface area contributed by atoms with E-state index in [0.29, 0.717) is 13.0 Å². The molecule has 0 spiro atoms. The molecule has 0 unspecified atom stereocenters. The van der Waals surface area contributed by atoms with Crippen LogP contribution < -0.4 is 0 Å². The Bertz CT molecular complexity index is 602. The minimum Gasteiger partial charge on any atom is -0.341 e. The van der Waals surface area contributed by atoms with Crippen LogP contribution in [0.3, 0.4) is 0 Å². The van der Waals surface area contributed by atoms with Gasteiger partial charge in [0.1, 0.15) is 11.6 Å². The molecule has 5 heteroatoms. The normalized spacial score (nSPS) is 10.3. The maximum atomic E-state index is 13.5. The van der Waals surface area contributed by atoms with Crippen LogP contribution in [0.2, 0.25) is 0 Å². The second-order valence-electron chi connectivity index (χ2n) is 4.46. The van der Waals surface area contributed by atoms with Gasteiger partial charge in [-0.25, -0.2) is 8.78 Å². The number of rotatable bonds is 4. The molecule has 0 aliphatic rings. The summed E-state index contributed by atoms with van der Waals surface area (Å²) in [5.41, 5.74) is 0.779. The van der Waals surface area contributed by atoms with Gasteiger partial charge in [-0.15, -0.1) is 0 Å². The van der Waals surface area contributed by atoms with Crippen molar-refractivity contribution in [2.45, 2.75) is 6.42 Å². The first-order valence-electron chi connectivity index (χ1n) is 6.17. The number of likely N-dealkylation sites (N-methyl/N-ethyl adjacent to an activating group) is 1. The molecular weight excluding hydrogens is 262 g/mol. The van der Waals surface area contributed by atoms with Crippen LogP contribution in [0.25, 0.3) is 0 Å². The van der Waals surface area contributed by atoms with Crippen LogP contribution in [0.5, 0.6) is 0 Å². The number of nitrogens with zero attached hydrogens (tertiary/aromatic N) is 2. The van der Waals surface area contributed by atoms with E-state index in [4.69, 9.17) is 0 Å². The fraction of sp³-hybridized carbons (Fsp3) is 0.200. The maximum absolute atomic E-state index is 13.5. The average Bonchev–Trinajstić information content (AvgIpc) is 2.47. The third-order valence-corrected chi connectivity index (χ3v) is 2.99. The lowest BCUT2D eigenvalue weighted by atomic mass is 10.1. The van der Waals surface area contributed by atoms with Gasteiger partial charge in [-0.05, 0) is 42.3 Å². The van der Waals surface area contributed by atoms with E-state index in [2.05, 4.69) is 4.98 Å². The second-order valence-corrected chi connectivity index (χ2v) is 4.46. The van der Waals surface area contributed by atoms with Crippen LogP contribution in [0.15, 0.2) is 42.7 Å². The van der Waals surface area contributed by atoms with Gasteiger partial charge < -0.3 is 4.90 Å². The van der Waals surface area contributed by atoms with Crippen LogP contribution >= 0.6 is 0 Å². The molecule has 2 rings (SSSR count). The Balaban J connectivity index is 2.03. The van der Waals surface area contributed by atoms with E-state index in [1.54, 1.807) is 19.4 Å². The predicted molar refractivity (Wildman–Crippen MR) is 71.3 cm³/mol. The molecule has 20 heavy (non-hydrogen) atoms. The summed E-state index contributed by atoms with van der Waals surface area (Å²) < 4.78 is 26.6. The lowest BCUT2D eigenvalue weighted by molar-refractivity contribution is 0.0791. The lowest BCUT2D eigenvalue weighted by Crippen LogP contribution is -2.29. The Kier molecular flexibility index (Phi) is 4.40. The summed E-state index contributed by atoms with van der Waals surface area (Å²) in [4.78, 5) is 17.3. The highest BCUT2D eigenvalue weighted by molar-refractivity contribution is 5.94. The molecule has 0 atom stereocenters. The molecule has 0 aliphatic heterocycles. The SMILES string of the molecule is CN(CCc1ccncc1)C(=O)c1cc(F)ccc1F. The quantitative estimate of drug-likeness (QED) is 0.860. The number of carbonyl (C=O) groups excluding carboxylic acids is 1. The summed E-state index contributed by atoms with van der Waals surface area (Å²) in [7, 11) is 1.56. The standard InChI is InChI=1S/C15H14F2N2O/c1-19(9-6-11-4-7-18-8-5-11)15(20)13-10-12(16)2-3-14(13)17/h2-5,7-8,10H,6,9H2,1H3. The summed E-state index contributed by atoms with van der Waals surface area (Å²) in [5.74, 6) is -1.87. The molecule has 1 heterocycles. The van der Waals surface area contributed by atoms with Crippen LogP contribution in [-0.4, -0.2) is 29.4 Å². The molecule has 0 fully saturated rings. The fourth-order valence-corrected chi connectivity index (χ4v) is 1.81. The molecule has 3 nitrogen and oxygen atoms in total. The second kappa shape index (κ2) is 6.23. The number of hydrogen-bond acceptors (Lipinski definition) is 2. The summed E-state index contributed by atoms with van der Waals surface area (Å²) in [6.45, 7) is 0.415. The molecule has 1 amide bonds. The average molecular weight is 276 g/mol. The van der Waals surface area contributed by atoms with Crippen molar-refractivity contribution in [3.63, 3.8) is 0 Å². The largest absolute Gasteiger partial charge is 0.341 e. The molecule has 0 saturated carbocycles. The zero-order valence-electron chi connectivity index (χ0n) is 11.0. The Morgan fingerprint density at radius 1 is 1.20 bits per heavy atom. The van der Waals surface area contributed by atoms with E-state index in [9.17, 15) is 13.6 Å². The fourth-order valence-electron chi connectivity index (χ4n) is 1.81. The first-order valence-corrected chi connectivity index (χ1v) is 6.17. The van der Waals surface area contributed by atoms with Crippen molar-refractivity contribution in [2.75, 3.05) is 13.6 Å². The van der Waals surface area contributed by atoms with Gasteiger partial charge in [0.2, 0.25) is 0 Å². The van der Waals surface area contributed by atoms with Crippen LogP contribution in [-0.2, 0) is 6.42 Å². The smallest absolute Gasteiger partial charge is 0.256 e. The van der Waals surface area contributed by atoms with E-state index in [1.807, 2.05) is 12.1 Å². The highest BCUT2D eigenvalue weighted by atomic mass is 19.1. The molecule has 0 N–H and O–H groups in total. The van der Waals surface area contributed by atoms with Crippen molar-refractivity contribution in [1.82, 2.24) is 9.88 Å². The first-order chi connectivity index (χ1) is 9.58. The third kappa shape index (κ3) is 3.38. The summed E-state index contributed by atoms with van der Waals surface area (Å²) in [6, 6.07) is 6.56. The number of halogens is 2. The predicted octanol–water partition coefficient (Wildman–Crippen LogP) is 2.67. The number of aromatic nitrogens is 1. The molecule has 1 aromatic heterocycles. The molecule has 0 aliphatic carbocycles. The van der Waals surface area contributed by atoms with Gasteiger partial charge in [0.15, 0.2) is 0 Å². The summed E-state index contributed by atoms with van der Waals surface area (Å²) >= 11 is 0. The van der Waals surface area contributed by atoms with Crippen molar-refractivity contribution in [3.05, 3.63) is 65.5 Å². The number of hydrogen-bond donors (Lipinski definition) is 0. The van der Waals surface area contributed by atoms with E-state index >= 15 is 0 Å². The molecule has 104 valence electrons. The van der Waals surface area contributed by atoms with Gasteiger partial charge in [0, 0.05) is 26.0 Å². The van der Waals surface area contributed by atoms with Crippen molar-refractivity contribution in [2.24, 2.45) is 0 Å². The molecule has 0 bridgehead atoms. The van der Waals surface area contributed by atoms with Gasteiger partial charge in [-0.3, -0.25) is 9.78 Å². The van der Waals surface area contributed by atoms with Gasteiger partial charge in [-0.1, -0.05) is 0 Å². The highest BCUT2D eigenvalue weighted by Gasteiger charge is 2.16. The van der Waals surface area contributed by atoms with Crippen molar-refractivity contribution in [1.29, 1.82) is 0 Å². The van der Waals surface area contributed by atoms with Crippen LogP contribution in [0.1, 0.15) is 15.9 Å². The van der Waals surface area contributed by atoms with Gasteiger partial charge in [0.05, 0.1) is 5.56 Å². The Hall–Kier alpha value is -2.30. The molecule has 1 aromatic carbocycles. The van der Waals surface area contributed by atoms with Crippen LogP contribution in [0.4, 0.5) is 8.78 Å². The van der Waals surface area contributed by atoms with E-state index < -0.39 is 17.5 Å².